The van der Waals surface area contributed by atoms with Gasteiger partial charge in [0.05, 0.1) is 5.69 Å². The lowest BCUT2D eigenvalue weighted by Gasteiger charge is -2.26. The SMILES string of the molecule is c1ccc(CSC2Sc3ccccc3N2Cc2ccccc2)cc1. The molecular formula is C21H19NS2. The van der Waals surface area contributed by atoms with Gasteiger partial charge in [0, 0.05) is 17.2 Å². The average molecular weight is 350 g/mol. The van der Waals surface area contributed by atoms with Crippen molar-refractivity contribution >= 4 is 29.2 Å². The molecule has 0 saturated carbocycles. The molecule has 0 N–H and O–H groups in total. The number of hydrogen-bond acceptors (Lipinski definition) is 3. The van der Waals surface area contributed by atoms with Crippen LogP contribution in [0.25, 0.3) is 0 Å². The van der Waals surface area contributed by atoms with Gasteiger partial charge in [-0.25, -0.2) is 0 Å². The molecule has 1 nitrogen and oxygen atoms in total. The minimum absolute atomic E-state index is 0.419. The van der Waals surface area contributed by atoms with Gasteiger partial charge in [0.1, 0.15) is 4.71 Å². The van der Waals surface area contributed by atoms with Crippen LogP contribution < -0.4 is 4.90 Å². The first-order valence-electron chi connectivity index (χ1n) is 8.12. The predicted molar refractivity (Wildman–Crippen MR) is 106 cm³/mol. The Hall–Kier alpha value is -1.84. The molecule has 1 heterocycles. The second-order valence-corrected chi connectivity index (χ2v) is 8.29. The Bertz CT molecular complexity index is 789. The van der Waals surface area contributed by atoms with E-state index in [2.05, 4.69) is 89.8 Å². The topological polar surface area (TPSA) is 3.24 Å². The minimum Gasteiger partial charge on any atom is -0.345 e. The molecule has 0 saturated heterocycles. The average Bonchev–Trinajstić information content (AvgIpc) is 2.99. The van der Waals surface area contributed by atoms with Crippen LogP contribution in [0.4, 0.5) is 5.69 Å². The molecule has 120 valence electrons. The van der Waals surface area contributed by atoms with Gasteiger partial charge in [0.2, 0.25) is 0 Å². The Kier molecular flexibility index (Phi) is 4.81. The summed E-state index contributed by atoms with van der Waals surface area (Å²) in [7, 11) is 0. The molecule has 0 aliphatic carbocycles. The summed E-state index contributed by atoms with van der Waals surface area (Å²) in [5.74, 6) is 1.04. The van der Waals surface area contributed by atoms with Crippen LogP contribution in [0.5, 0.6) is 0 Å². The summed E-state index contributed by atoms with van der Waals surface area (Å²) in [5, 5.41) is 0. The van der Waals surface area contributed by atoms with Gasteiger partial charge < -0.3 is 4.90 Å². The van der Waals surface area contributed by atoms with Gasteiger partial charge in [-0.15, -0.1) is 11.8 Å². The lowest BCUT2D eigenvalue weighted by atomic mass is 10.2. The quantitative estimate of drug-likeness (QED) is 0.555. The van der Waals surface area contributed by atoms with E-state index in [-0.39, 0.29) is 0 Å². The van der Waals surface area contributed by atoms with Gasteiger partial charge in [0.25, 0.3) is 0 Å². The molecule has 0 spiro atoms. The van der Waals surface area contributed by atoms with E-state index in [1.807, 2.05) is 23.5 Å². The first-order chi connectivity index (χ1) is 11.9. The van der Waals surface area contributed by atoms with Crippen molar-refractivity contribution in [2.45, 2.75) is 21.9 Å². The van der Waals surface area contributed by atoms with E-state index >= 15 is 0 Å². The normalized spacial score (nSPS) is 16.2. The standard InChI is InChI=1S/C21H19NS2/c1-3-9-17(10-4-1)15-22-19-13-7-8-14-20(19)24-21(22)23-16-18-11-5-2-6-12-18/h1-14,21H,15-16H2. The fourth-order valence-corrected chi connectivity index (χ4v) is 5.56. The molecule has 3 aromatic rings. The number of fused-ring (bicyclic) bond motifs is 1. The van der Waals surface area contributed by atoms with Crippen LogP contribution in [0.1, 0.15) is 11.1 Å². The highest BCUT2D eigenvalue weighted by Gasteiger charge is 2.30. The zero-order valence-corrected chi connectivity index (χ0v) is 15.0. The number of thioether (sulfide) groups is 2. The molecule has 1 aliphatic heterocycles. The van der Waals surface area contributed by atoms with Crippen LogP contribution in [0.3, 0.4) is 0 Å². The molecule has 0 radical (unpaired) electrons. The van der Waals surface area contributed by atoms with E-state index < -0.39 is 0 Å². The van der Waals surface area contributed by atoms with Gasteiger partial charge in [-0.2, -0.15) is 0 Å². The van der Waals surface area contributed by atoms with E-state index in [4.69, 9.17) is 0 Å². The summed E-state index contributed by atoms with van der Waals surface area (Å²) < 4.78 is 0.419. The zero-order valence-electron chi connectivity index (χ0n) is 13.3. The Morgan fingerprint density at radius 1 is 0.750 bits per heavy atom. The number of nitrogens with zero attached hydrogens (tertiary/aromatic N) is 1. The van der Waals surface area contributed by atoms with Crippen molar-refractivity contribution in [1.29, 1.82) is 0 Å². The maximum absolute atomic E-state index is 2.53. The molecule has 3 aromatic carbocycles. The molecule has 24 heavy (non-hydrogen) atoms. The van der Waals surface area contributed by atoms with Crippen molar-refractivity contribution in [2.75, 3.05) is 4.90 Å². The Balaban J connectivity index is 1.54. The van der Waals surface area contributed by atoms with Crippen LogP contribution in [-0.4, -0.2) is 4.71 Å². The molecule has 3 heteroatoms. The molecular weight excluding hydrogens is 330 g/mol. The number of hydrogen-bond donors (Lipinski definition) is 0. The lowest BCUT2D eigenvalue weighted by molar-refractivity contribution is 0.882. The maximum atomic E-state index is 2.53. The summed E-state index contributed by atoms with van der Waals surface area (Å²) in [6.07, 6.45) is 0. The van der Waals surface area contributed by atoms with Crippen molar-refractivity contribution in [3.63, 3.8) is 0 Å². The Morgan fingerprint density at radius 2 is 1.38 bits per heavy atom. The number of rotatable bonds is 5. The van der Waals surface area contributed by atoms with Crippen LogP contribution in [0.15, 0.2) is 89.8 Å². The van der Waals surface area contributed by atoms with Crippen molar-refractivity contribution < 1.29 is 0 Å². The number of benzene rings is 3. The zero-order chi connectivity index (χ0) is 16.2. The van der Waals surface area contributed by atoms with Crippen LogP contribution in [0.2, 0.25) is 0 Å². The van der Waals surface area contributed by atoms with Crippen molar-refractivity contribution in [1.82, 2.24) is 0 Å². The molecule has 4 rings (SSSR count). The first-order valence-corrected chi connectivity index (χ1v) is 10.0. The highest BCUT2D eigenvalue weighted by Crippen LogP contribution is 2.48. The number of anilines is 1. The van der Waals surface area contributed by atoms with Crippen molar-refractivity contribution in [3.8, 4) is 0 Å². The van der Waals surface area contributed by atoms with Crippen molar-refractivity contribution in [2.24, 2.45) is 0 Å². The van der Waals surface area contributed by atoms with Gasteiger partial charge in [-0.05, 0) is 23.3 Å². The van der Waals surface area contributed by atoms with E-state index in [1.54, 1.807) is 0 Å². The highest BCUT2D eigenvalue weighted by atomic mass is 32.2. The molecule has 0 aromatic heterocycles. The van der Waals surface area contributed by atoms with Gasteiger partial charge in [-0.1, -0.05) is 84.6 Å². The van der Waals surface area contributed by atoms with Gasteiger partial charge in [0.15, 0.2) is 0 Å². The third kappa shape index (κ3) is 3.47. The van der Waals surface area contributed by atoms with Gasteiger partial charge >= 0.3 is 0 Å². The third-order valence-corrected chi connectivity index (χ3v) is 6.88. The largest absolute Gasteiger partial charge is 0.345 e. The van der Waals surface area contributed by atoms with Crippen LogP contribution in [-0.2, 0) is 12.3 Å². The minimum atomic E-state index is 0.419. The molecule has 0 amide bonds. The summed E-state index contributed by atoms with van der Waals surface area (Å²) in [5.41, 5.74) is 4.11. The predicted octanol–water partition coefficient (Wildman–Crippen LogP) is 6.02. The molecule has 1 atom stereocenters. The Labute approximate surface area is 152 Å². The lowest BCUT2D eigenvalue weighted by Crippen LogP contribution is -2.26. The second kappa shape index (κ2) is 7.37. The fourth-order valence-electron chi connectivity index (χ4n) is 2.89. The van der Waals surface area contributed by atoms with Gasteiger partial charge in [-0.3, -0.25) is 0 Å². The molecule has 1 unspecified atom stereocenters. The van der Waals surface area contributed by atoms with Crippen LogP contribution >= 0.6 is 23.5 Å². The fraction of sp³-hybridized carbons (Fsp3) is 0.143. The monoisotopic (exact) mass is 349 g/mol. The summed E-state index contributed by atoms with van der Waals surface area (Å²) in [4.78, 5) is 3.92. The summed E-state index contributed by atoms with van der Waals surface area (Å²) in [6.45, 7) is 0.956. The van der Waals surface area contributed by atoms with E-state index in [1.165, 1.54) is 21.7 Å². The first kappa shape index (κ1) is 15.7. The summed E-state index contributed by atoms with van der Waals surface area (Å²) >= 11 is 3.98. The van der Waals surface area contributed by atoms with Crippen molar-refractivity contribution in [3.05, 3.63) is 96.1 Å². The number of para-hydroxylation sites is 1. The molecule has 0 bridgehead atoms. The molecule has 0 fully saturated rings. The van der Waals surface area contributed by atoms with E-state index in [9.17, 15) is 0 Å². The summed E-state index contributed by atoms with van der Waals surface area (Å²) in [6, 6.07) is 30.2. The highest BCUT2D eigenvalue weighted by molar-refractivity contribution is 8.17. The maximum Gasteiger partial charge on any atom is 0.127 e. The third-order valence-electron chi connectivity index (χ3n) is 4.09. The van der Waals surface area contributed by atoms with E-state index in [0.717, 1.165) is 12.3 Å². The Morgan fingerprint density at radius 3 is 2.12 bits per heavy atom. The molecule has 1 aliphatic rings. The van der Waals surface area contributed by atoms with E-state index in [0.29, 0.717) is 4.71 Å². The second-order valence-electron chi connectivity index (χ2n) is 5.80. The smallest absolute Gasteiger partial charge is 0.127 e. The van der Waals surface area contributed by atoms with Crippen LogP contribution in [0, 0.1) is 0 Å².